The van der Waals surface area contributed by atoms with E-state index in [0.717, 1.165) is 37.9 Å². The standard InChI is InChI=1S/C11H14NO/c13-11(12-8-4-5-9-12)10-6-2-1-3-7-10/h1-2,6-7H,3-5,8-9H2. The quantitative estimate of drug-likeness (QED) is 0.595. The lowest BCUT2D eigenvalue weighted by Gasteiger charge is -2.17. The Morgan fingerprint density at radius 2 is 2.08 bits per heavy atom. The van der Waals surface area contributed by atoms with E-state index in [1.54, 1.807) is 0 Å². The van der Waals surface area contributed by atoms with Crippen LogP contribution in [0.1, 0.15) is 19.3 Å². The molecule has 2 rings (SSSR count). The molecule has 0 unspecified atom stereocenters. The highest BCUT2D eigenvalue weighted by atomic mass is 16.2. The van der Waals surface area contributed by atoms with Crippen molar-refractivity contribution in [2.45, 2.75) is 19.3 Å². The van der Waals surface area contributed by atoms with Gasteiger partial charge in [0.2, 0.25) is 5.91 Å². The van der Waals surface area contributed by atoms with Gasteiger partial charge in [0.1, 0.15) is 0 Å². The topological polar surface area (TPSA) is 20.3 Å². The first-order chi connectivity index (χ1) is 6.38. The predicted molar refractivity (Wildman–Crippen MR) is 52.0 cm³/mol. The molecule has 1 amide bonds. The van der Waals surface area contributed by atoms with Crippen LogP contribution in [-0.2, 0) is 4.79 Å². The molecule has 1 fully saturated rings. The number of allylic oxidation sites excluding steroid dienone is 3. The fourth-order valence-electron chi connectivity index (χ4n) is 1.77. The van der Waals surface area contributed by atoms with Gasteiger partial charge in [-0.3, -0.25) is 4.79 Å². The van der Waals surface area contributed by atoms with E-state index in [2.05, 4.69) is 6.08 Å². The third-order valence-corrected chi connectivity index (χ3v) is 2.53. The van der Waals surface area contributed by atoms with Crippen LogP contribution in [0.2, 0.25) is 0 Å². The average Bonchev–Trinajstić information content (AvgIpc) is 2.71. The number of carbonyl (C=O) groups excluding carboxylic acids is 1. The molecule has 0 saturated carbocycles. The summed E-state index contributed by atoms with van der Waals surface area (Å²) in [7, 11) is 0. The minimum atomic E-state index is 0.210. The summed E-state index contributed by atoms with van der Waals surface area (Å²) < 4.78 is 0. The fourth-order valence-corrected chi connectivity index (χ4v) is 1.77. The summed E-state index contributed by atoms with van der Waals surface area (Å²) in [5.74, 6) is 0.210. The largest absolute Gasteiger partial charge is 0.339 e. The van der Waals surface area contributed by atoms with E-state index >= 15 is 0 Å². The Morgan fingerprint density at radius 3 is 2.69 bits per heavy atom. The van der Waals surface area contributed by atoms with Gasteiger partial charge in [0.25, 0.3) is 0 Å². The van der Waals surface area contributed by atoms with Gasteiger partial charge >= 0.3 is 0 Å². The molecule has 0 aromatic rings. The molecule has 0 atom stereocenters. The maximum Gasteiger partial charge on any atom is 0.250 e. The van der Waals surface area contributed by atoms with Crippen LogP contribution >= 0.6 is 0 Å². The maximum atomic E-state index is 11.8. The van der Waals surface area contributed by atoms with E-state index in [9.17, 15) is 4.79 Å². The van der Waals surface area contributed by atoms with Crippen LogP contribution in [0.4, 0.5) is 0 Å². The van der Waals surface area contributed by atoms with Crippen LogP contribution in [0.3, 0.4) is 0 Å². The number of carbonyl (C=O) groups is 1. The van der Waals surface area contributed by atoms with Crippen LogP contribution in [0.25, 0.3) is 0 Å². The lowest BCUT2D eigenvalue weighted by atomic mass is 10.0. The SMILES string of the molecule is O=C(C1=CC=CC[CH]1)N1CCCC1. The van der Waals surface area contributed by atoms with Crippen molar-refractivity contribution in [3.05, 3.63) is 30.2 Å². The van der Waals surface area contributed by atoms with E-state index in [1.165, 1.54) is 0 Å². The van der Waals surface area contributed by atoms with Crippen LogP contribution in [0.15, 0.2) is 23.8 Å². The first-order valence-electron chi connectivity index (χ1n) is 4.87. The Hall–Kier alpha value is -1.05. The predicted octanol–water partition coefficient (Wildman–Crippen LogP) is 1.70. The first kappa shape index (κ1) is 8.54. The molecule has 13 heavy (non-hydrogen) atoms. The second-order valence-corrected chi connectivity index (χ2v) is 3.49. The summed E-state index contributed by atoms with van der Waals surface area (Å²) in [5.41, 5.74) is 0.865. The highest BCUT2D eigenvalue weighted by Gasteiger charge is 2.21. The summed E-state index contributed by atoms with van der Waals surface area (Å²) in [4.78, 5) is 13.7. The van der Waals surface area contributed by atoms with Crippen molar-refractivity contribution in [1.82, 2.24) is 4.90 Å². The van der Waals surface area contributed by atoms with E-state index in [1.807, 2.05) is 23.5 Å². The van der Waals surface area contributed by atoms with E-state index in [-0.39, 0.29) is 5.91 Å². The number of hydrogen-bond acceptors (Lipinski definition) is 1. The van der Waals surface area contributed by atoms with Gasteiger partial charge in [-0.25, -0.2) is 0 Å². The zero-order valence-electron chi connectivity index (χ0n) is 7.70. The molecule has 69 valence electrons. The van der Waals surface area contributed by atoms with Crippen LogP contribution in [0.5, 0.6) is 0 Å². The van der Waals surface area contributed by atoms with Crippen LogP contribution in [0, 0.1) is 6.42 Å². The highest BCUT2D eigenvalue weighted by Crippen LogP contribution is 2.17. The normalized spacial score (nSPS) is 21.8. The Bertz CT molecular complexity index is 259. The maximum absolute atomic E-state index is 11.8. The van der Waals surface area contributed by atoms with Gasteiger partial charge < -0.3 is 4.90 Å². The fraction of sp³-hybridized carbons (Fsp3) is 0.455. The summed E-state index contributed by atoms with van der Waals surface area (Å²) in [6.07, 6.45) is 11.1. The second kappa shape index (κ2) is 3.77. The molecular formula is C11H14NO. The van der Waals surface area contributed by atoms with Crippen LogP contribution in [-0.4, -0.2) is 23.9 Å². The highest BCUT2D eigenvalue weighted by molar-refractivity contribution is 5.96. The van der Waals surface area contributed by atoms with Gasteiger partial charge in [0, 0.05) is 25.1 Å². The van der Waals surface area contributed by atoms with Gasteiger partial charge in [-0.15, -0.1) is 0 Å². The molecule has 0 bridgehead atoms. The monoisotopic (exact) mass is 176 g/mol. The number of hydrogen-bond donors (Lipinski definition) is 0. The minimum absolute atomic E-state index is 0.210. The van der Waals surface area contributed by atoms with Crippen molar-refractivity contribution in [2.75, 3.05) is 13.1 Å². The molecular weight excluding hydrogens is 162 g/mol. The molecule has 2 heteroatoms. The molecule has 0 spiro atoms. The lowest BCUT2D eigenvalue weighted by Crippen LogP contribution is -2.29. The summed E-state index contributed by atoms with van der Waals surface area (Å²) in [6, 6.07) is 0. The molecule has 1 aliphatic carbocycles. The van der Waals surface area contributed by atoms with Crippen molar-refractivity contribution in [2.24, 2.45) is 0 Å². The Morgan fingerprint density at radius 1 is 1.31 bits per heavy atom. The lowest BCUT2D eigenvalue weighted by molar-refractivity contribution is -0.125. The zero-order valence-corrected chi connectivity index (χ0v) is 7.70. The molecule has 2 nitrogen and oxygen atoms in total. The molecule has 2 aliphatic rings. The van der Waals surface area contributed by atoms with Crippen molar-refractivity contribution >= 4 is 5.91 Å². The molecule has 1 saturated heterocycles. The summed E-state index contributed by atoms with van der Waals surface area (Å²) >= 11 is 0. The van der Waals surface area contributed by atoms with Gasteiger partial charge in [-0.05, 0) is 19.3 Å². The van der Waals surface area contributed by atoms with Crippen molar-refractivity contribution < 1.29 is 4.79 Å². The molecule has 1 radical (unpaired) electrons. The molecule has 1 heterocycles. The van der Waals surface area contributed by atoms with Crippen molar-refractivity contribution in [3.63, 3.8) is 0 Å². The van der Waals surface area contributed by atoms with Gasteiger partial charge in [0.15, 0.2) is 0 Å². The average molecular weight is 176 g/mol. The second-order valence-electron chi connectivity index (χ2n) is 3.49. The Kier molecular flexibility index (Phi) is 2.48. The third-order valence-electron chi connectivity index (χ3n) is 2.53. The molecule has 0 N–H and O–H groups in total. The summed E-state index contributed by atoms with van der Waals surface area (Å²) in [6.45, 7) is 1.88. The van der Waals surface area contributed by atoms with Crippen LogP contribution < -0.4 is 0 Å². The smallest absolute Gasteiger partial charge is 0.250 e. The zero-order chi connectivity index (χ0) is 9.10. The van der Waals surface area contributed by atoms with Crippen molar-refractivity contribution in [3.8, 4) is 0 Å². The van der Waals surface area contributed by atoms with E-state index in [4.69, 9.17) is 0 Å². The molecule has 0 aromatic heterocycles. The minimum Gasteiger partial charge on any atom is -0.339 e. The van der Waals surface area contributed by atoms with Gasteiger partial charge in [-0.1, -0.05) is 18.2 Å². The number of nitrogens with zero attached hydrogens (tertiary/aromatic N) is 1. The summed E-state index contributed by atoms with van der Waals surface area (Å²) in [5, 5.41) is 0. The van der Waals surface area contributed by atoms with E-state index < -0.39 is 0 Å². The molecule has 0 aromatic carbocycles. The number of rotatable bonds is 1. The molecule has 1 aliphatic heterocycles. The number of amides is 1. The third kappa shape index (κ3) is 1.82. The van der Waals surface area contributed by atoms with Gasteiger partial charge in [-0.2, -0.15) is 0 Å². The Balaban J connectivity index is 2.02. The van der Waals surface area contributed by atoms with Gasteiger partial charge in [0.05, 0.1) is 0 Å². The first-order valence-corrected chi connectivity index (χ1v) is 4.87. The van der Waals surface area contributed by atoms with E-state index in [0.29, 0.717) is 0 Å². The number of likely N-dealkylation sites (tertiary alicyclic amines) is 1. The van der Waals surface area contributed by atoms with Crippen molar-refractivity contribution in [1.29, 1.82) is 0 Å². The Labute approximate surface area is 78.9 Å².